The standard InChI is InChI=1S/C22H24FN7O2/c1-14(31)12-28-13-17(25-27-28)19-11-24-21-7-8-22(26-30(19)21)29-9-3-4-18(29)16-10-15(23)5-6-20(16)32-2/h5-8,10-11,13-14,18,31H,3-4,9,12H2,1-2H3/t14-,18-/m1/s1. The molecule has 0 spiro atoms. The van der Waals surface area contributed by atoms with E-state index < -0.39 is 6.10 Å². The van der Waals surface area contributed by atoms with Crippen LogP contribution in [0.1, 0.15) is 31.4 Å². The fourth-order valence-electron chi connectivity index (χ4n) is 4.30. The number of fused-ring (bicyclic) bond motifs is 1. The number of hydrogen-bond acceptors (Lipinski definition) is 7. The SMILES string of the molecule is COc1ccc(F)cc1[C@H]1CCCN1c1ccc2ncc(-c3cn(C[C@@H](C)O)nn3)n2n1. The Hall–Kier alpha value is -3.53. The fraction of sp³-hybridized carbons (Fsp3) is 0.364. The summed E-state index contributed by atoms with van der Waals surface area (Å²) in [6.07, 6.45) is 4.79. The molecule has 0 bridgehead atoms. The molecule has 0 radical (unpaired) electrons. The molecule has 0 saturated carbocycles. The van der Waals surface area contributed by atoms with Gasteiger partial charge in [-0.25, -0.2) is 18.6 Å². The molecule has 5 rings (SSSR count). The summed E-state index contributed by atoms with van der Waals surface area (Å²) in [7, 11) is 1.60. The molecule has 0 amide bonds. The van der Waals surface area contributed by atoms with Crippen LogP contribution in [0, 0.1) is 5.82 Å². The highest BCUT2D eigenvalue weighted by Gasteiger charge is 2.30. The molecule has 1 aliphatic rings. The number of methoxy groups -OCH3 is 1. The van der Waals surface area contributed by atoms with Gasteiger partial charge in [0.25, 0.3) is 0 Å². The van der Waals surface area contributed by atoms with E-state index in [1.54, 1.807) is 47.8 Å². The Morgan fingerprint density at radius 2 is 2.16 bits per heavy atom. The first-order valence-electron chi connectivity index (χ1n) is 10.6. The summed E-state index contributed by atoms with van der Waals surface area (Å²) < 4.78 is 22.9. The van der Waals surface area contributed by atoms with Gasteiger partial charge in [0, 0.05) is 12.1 Å². The maximum absolute atomic E-state index is 14.0. The zero-order chi connectivity index (χ0) is 22.2. The average molecular weight is 437 g/mol. The number of imidazole rings is 1. The summed E-state index contributed by atoms with van der Waals surface area (Å²) in [6.45, 7) is 2.86. The molecule has 9 nitrogen and oxygen atoms in total. The van der Waals surface area contributed by atoms with E-state index in [9.17, 15) is 9.50 Å². The maximum atomic E-state index is 14.0. The van der Waals surface area contributed by atoms with Gasteiger partial charge in [-0.2, -0.15) is 0 Å². The van der Waals surface area contributed by atoms with Crippen molar-refractivity contribution in [1.82, 2.24) is 29.6 Å². The number of benzene rings is 1. The van der Waals surface area contributed by atoms with Crippen LogP contribution in [0.25, 0.3) is 17.0 Å². The van der Waals surface area contributed by atoms with Gasteiger partial charge >= 0.3 is 0 Å². The number of aromatic nitrogens is 6. The number of halogens is 1. The van der Waals surface area contributed by atoms with Crippen LogP contribution < -0.4 is 9.64 Å². The zero-order valence-corrected chi connectivity index (χ0v) is 17.9. The van der Waals surface area contributed by atoms with E-state index in [0.717, 1.165) is 30.8 Å². The van der Waals surface area contributed by atoms with Crippen LogP contribution in [0.2, 0.25) is 0 Å². The van der Waals surface area contributed by atoms with Gasteiger partial charge in [0.2, 0.25) is 0 Å². The average Bonchev–Trinajstić information content (AvgIpc) is 3.52. The Morgan fingerprint density at radius 1 is 1.28 bits per heavy atom. The minimum absolute atomic E-state index is 0.0375. The minimum Gasteiger partial charge on any atom is -0.496 e. The van der Waals surface area contributed by atoms with Crippen LogP contribution in [0.4, 0.5) is 10.2 Å². The third-order valence-corrected chi connectivity index (χ3v) is 5.70. The molecule has 3 aromatic heterocycles. The highest BCUT2D eigenvalue weighted by Crippen LogP contribution is 2.39. The van der Waals surface area contributed by atoms with Crippen LogP contribution in [0.15, 0.2) is 42.7 Å². The van der Waals surface area contributed by atoms with Crippen LogP contribution in [0.5, 0.6) is 5.75 Å². The second-order valence-electron chi connectivity index (χ2n) is 8.02. The first-order valence-corrected chi connectivity index (χ1v) is 10.6. The Morgan fingerprint density at radius 3 is 2.97 bits per heavy atom. The topological polar surface area (TPSA) is 93.6 Å². The summed E-state index contributed by atoms with van der Waals surface area (Å²) in [5.74, 6) is 1.15. The van der Waals surface area contributed by atoms with Crippen molar-refractivity contribution >= 4 is 11.5 Å². The lowest BCUT2D eigenvalue weighted by atomic mass is 10.0. The normalized spacial score (nSPS) is 17.2. The Balaban J connectivity index is 1.52. The van der Waals surface area contributed by atoms with Gasteiger partial charge in [0.15, 0.2) is 5.65 Å². The first-order chi connectivity index (χ1) is 15.5. The van der Waals surface area contributed by atoms with Crippen molar-refractivity contribution in [2.75, 3.05) is 18.6 Å². The highest BCUT2D eigenvalue weighted by molar-refractivity contribution is 5.60. The largest absolute Gasteiger partial charge is 0.496 e. The third kappa shape index (κ3) is 3.66. The fourth-order valence-corrected chi connectivity index (χ4v) is 4.30. The molecular weight excluding hydrogens is 413 g/mol. The molecule has 10 heteroatoms. The second kappa shape index (κ2) is 8.19. The molecule has 166 valence electrons. The van der Waals surface area contributed by atoms with E-state index >= 15 is 0 Å². The molecular formula is C22H24FN7O2. The van der Waals surface area contributed by atoms with Crippen LogP contribution in [-0.4, -0.2) is 54.5 Å². The monoisotopic (exact) mass is 437 g/mol. The molecule has 4 aromatic rings. The Kier molecular flexibility index (Phi) is 5.22. The number of ether oxygens (including phenoxy) is 1. The van der Waals surface area contributed by atoms with Gasteiger partial charge in [-0.15, -0.1) is 10.2 Å². The minimum atomic E-state index is -0.525. The molecule has 32 heavy (non-hydrogen) atoms. The lowest BCUT2D eigenvalue weighted by Gasteiger charge is -2.27. The smallest absolute Gasteiger partial charge is 0.154 e. The summed E-state index contributed by atoms with van der Waals surface area (Å²) in [6, 6.07) is 8.43. The molecule has 1 saturated heterocycles. The summed E-state index contributed by atoms with van der Waals surface area (Å²) in [5.41, 5.74) is 2.83. The molecule has 1 N–H and O–H groups in total. The van der Waals surface area contributed by atoms with Crippen molar-refractivity contribution in [2.45, 2.75) is 38.5 Å². The van der Waals surface area contributed by atoms with Crippen molar-refractivity contribution in [1.29, 1.82) is 0 Å². The predicted octanol–water partition coefficient (Wildman–Crippen LogP) is 2.86. The second-order valence-corrected chi connectivity index (χ2v) is 8.02. The van der Waals surface area contributed by atoms with Crippen molar-refractivity contribution in [3.8, 4) is 17.1 Å². The Labute approximate surface area is 184 Å². The molecule has 4 heterocycles. The van der Waals surface area contributed by atoms with Gasteiger partial charge in [-0.1, -0.05) is 5.21 Å². The lowest BCUT2D eigenvalue weighted by Crippen LogP contribution is -2.24. The first kappa shape index (κ1) is 20.4. The van der Waals surface area contributed by atoms with E-state index in [-0.39, 0.29) is 11.9 Å². The highest BCUT2D eigenvalue weighted by atomic mass is 19.1. The van der Waals surface area contributed by atoms with E-state index in [2.05, 4.69) is 20.2 Å². The summed E-state index contributed by atoms with van der Waals surface area (Å²) >= 11 is 0. The molecule has 1 aromatic carbocycles. The van der Waals surface area contributed by atoms with Crippen molar-refractivity contribution in [3.05, 3.63) is 54.1 Å². The lowest BCUT2D eigenvalue weighted by molar-refractivity contribution is 0.167. The molecule has 0 unspecified atom stereocenters. The van der Waals surface area contributed by atoms with E-state index in [0.29, 0.717) is 29.3 Å². The molecule has 1 fully saturated rings. The van der Waals surface area contributed by atoms with Gasteiger partial charge < -0.3 is 14.7 Å². The number of rotatable bonds is 6. The third-order valence-electron chi connectivity index (χ3n) is 5.70. The molecule has 1 aliphatic heterocycles. The van der Waals surface area contributed by atoms with Crippen molar-refractivity contribution in [2.24, 2.45) is 0 Å². The van der Waals surface area contributed by atoms with Gasteiger partial charge in [-0.3, -0.25) is 0 Å². The predicted molar refractivity (Wildman–Crippen MR) is 116 cm³/mol. The zero-order valence-electron chi connectivity index (χ0n) is 17.9. The Bertz CT molecular complexity index is 1250. The number of aliphatic hydroxyl groups is 1. The van der Waals surface area contributed by atoms with Gasteiger partial charge in [0.1, 0.15) is 28.8 Å². The van der Waals surface area contributed by atoms with Crippen LogP contribution in [0.3, 0.4) is 0 Å². The van der Waals surface area contributed by atoms with E-state index in [1.807, 2.05) is 12.1 Å². The number of hydrogen-bond donors (Lipinski definition) is 1. The van der Waals surface area contributed by atoms with Crippen molar-refractivity contribution in [3.63, 3.8) is 0 Å². The quantitative estimate of drug-likeness (QED) is 0.496. The number of anilines is 1. The molecule has 0 aliphatic carbocycles. The maximum Gasteiger partial charge on any atom is 0.154 e. The summed E-state index contributed by atoms with van der Waals surface area (Å²) in [5, 5.41) is 22.7. The summed E-state index contributed by atoms with van der Waals surface area (Å²) in [4.78, 5) is 6.61. The van der Waals surface area contributed by atoms with E-state index in [4.69, 9.17) is 9.84 Å². The number of nitrogens with zero attached hydrogens (tertiary/aromatic N) is 7. The number of aliphatic hydroxyl groups excluding tert-OH is 1. The van der Waals surface area contributed by atoms with Gasteiger partial charge in [0.05, 0.1) is 38.2 Å². The van der Waals surface area contributed by atoms with Crippen molar-refractivity contribution < 1.29 is 14.2 Å². The van der Waals surface area contributed by atoms with Crippen LogP contribution in [-0.2, 0) is 6.54 Å². The van der Waals surface area contributed by atoms with E-state index in [1.165, 1.54) is 6.07 Å². The van der Waals surface area contributed by atoms with Crippen LogP contribution >= 0.6 is 0 Å². The molecule has 2 atom stereocenters. The van der Waals surface area contributed by atoms with Gasteiger partial charge in [-0.05, 0) is 50.1 Å².